The van der Waals surface area contributed by atoms with Gasteiger partial charge in [-0.05, 0) is 19.4 Å². The number of nitrogens with zero attached hydrogens (tertiary/aromatic N) is 1. The molecule has 1 aliphatic heterocycles. The van der Waals surface area contributed by atoms with Crippen LogP contribution in [0.1, 0.15) is 12.8 Å². The Bertz CT molecular complexity index is 128. The molecule has 0 aromatic carbocycles. The third-order valence-electron chi connectivity index (χ3n) is 1.81. The van der Waals surface area contributed by atoms with Crippen LogP contribution in [0.4, 0.5) is 0 Å². The van der Waals surface area contributed by atoms with E-state index in [1.165, 1.54) is 0 Å². The standard InChI is InChI=1S/C5H11NO2Si/c7-5(8)4-2-1-3-6(4)9/h4H,1-3H2,9H3,(H,7,8)/t4-/m0/s1. The lowest BCUT2D eigenvalue weighted by atomic mass is 10.2. The molecule has 9 heavy (non-hydrogen) atoms. The molecule has 1 N–H and O–H groups in total. The summed E-state index contributed by atoms with van der Waals surface area (Å²) < 4.78 is 2.02. The molecule has 0 radical (unpaired) electrons. The Morgan fingerprint density at radius 3 is 2.67 bits per heavy atom. The van der Waals surface area contributed by atoms with E-state index in [1.54, 1.807) is 0 Å². The van der Waals surface area contributed by atoms with Crippen LogP contribution in [0.5, 0.6) is 0 Å². The fourth-order valence-corrected chi connectivity index (χ4v) is 2.02. The summed E-state index contributed by atoms with van der Waals surface area (Å²) in [4.78, 5) is 10.4. The first-order chi connectivity index (χ1) is 4.22. The average Bonchev–Trinajstić information content (AvgIpc) is 2.13. The van der Waals surface area contributed by atoms with E-state index >= 15 is 0 Å². The van der Waals surface area contributed by atoms with Crippen molar-refractivity contribution in [2.24, 2.45) is 0 Å². The van der Waals surface area contributed by atoms with Crippen molar-refractivity contribution in [3.63, 3.8) is 0 Å². The topological polar surface area (TPSA) is 40.5 Å². The molecule has 1 aliphatic rings. The first-order valence-electron chi connectivity index (χ1n) is 3.15. The first-order valence-corrected chi connectivity index (χ1v) is 4.04. The smallest absolute Gasteiger partial charge is 0.320 e. The monoisotopic (exact) mass is 145 g/mol. The lowest BCUT2D eigenvalue weighted by molar-refractivity contribution is -0.140. The number of aliphatic carboxylic acids is 1. The summed E-state index contributed by atoms with van der Waals surface area (Å²) in [6.07, 6.45) is 1.90. The van der Waals surface area contributed by atoms with Crippen LogP contribution in [-0.4, -0.2) is 38.6 Å². The number of rotatable bonds is 1. The van der Waals surface area contributed by atoms with Crippen LogP contribution in [0.3, 0.4) is 0 Å². The summed E-state index contributed by atoms with van der Waals surface area (Å²) in [5, 5.41) is 8.56. The molecule has 0 aromatic rings. The van der Waals surface area contributed by atoms with Crippen LogP contribution in [0.15, 0.2) is 0 Å². The van der Waals surface area contributed by atoms with Gasteiger partial charge >= 0.3 is 5.97 Å². The summed E-state index contributed by atoms with van der Waals surface area (Å²) in [5.74, 6) is -0.650. The molecule has 1 heterocycles. The average molecular weight is 145 g/mol. The van der Waals surface area contributed by atoms with E-state index in [0.29, 0.717) is 0 Å². The molecule has 4 heteroatoms. The third kappa shape index (κ3) is 1.31. The molecule has 3 nitrogen and oxygen atoms in total. The summed E-state index contributed by atoms with van der Waals surface area (Å²) in [6.45, 7) is 0.989. The molecular weight excluding hydrogens is 134 g/mol. The van der Waals surface area contributed by atoms with Crippen LogP contribution in [-0.2, 0) is 4.79 Å². The number of carboxylic acid groups (broad SMARTS) is 1. The first kappa shape index (κ1) is 6.76. The highest BCUT2D eigenvalue weighted by atomic mass is 28.2. The van der Waals surface area contributed by atoms with E-state index in [0.717, 1.165) is 29.8 Å². The summed E-state index contributed by atoms with van der Waals surface area (Å²) in [5.41, 5.74) is 0. The van der Waals surface area contributed by atoms with E-state index < -0.39 is 5.97 Å². The van der Waals surface area contributed by atoms with E-state index in [2.05, 4.69) is 0 Å². The van der Waals surface area contributed by atoms with Gasteiger partial charge < -0.3 is 9.67 Å². The van der Waals surface area contributed by atoms with Gasteiger partial charge in [0.1, 0.15) is 6.04 Å². The second-order valence-corrected chi connectivity index (χ2v) is 3.63. The van der Waals surface area contributed by atoms with Gasteiger partial charge in [0, 0.05) is 0 Å². The molecule has 1 fully saturated rings. The molecule has 1 rings (SSSR count). The minimum atomic E-state index is -0.650. The van der Waals surface area contributed by atoms with E-state index in [1.807, 2.05) is 4.57 Å². The summed E-state index contributed by atoms with van der Waals surface area (Å²) in [6, 6.07) is -0.156. The zero-order chi connectivity index (χ0) is 6.85. The van der Waals surface area contributed by atoms with Crippen LogP contribution in [0.25, 0.3) is 0 Å². The Labute approximate surface area is 57.2 Å². The highest BCUT2D eigenvalue weighted by Crippen LogP contribution is 2.13. The highest BCUT2D eigenvalue weighted by molar-refractivity contribution is 6.06. The molecule has 0 amide bonds. The Morgan fingerprint density at radius 1 is 1.78 bits per heavy atom. The number of hydrogen-bond acceptors (Lipinski definition) is 2. The van der Waals surface area contributed by atoms with Gasteiger partial charge in [-0.1, -0.05) is 0 Å². The van der Waals surface area contributed by atoms with Gasteiger partial charge in [0.25, 0.3) is 0 Å². The Morgan fingerprint density at radius 2 is 2.44 bits per heavy atom. The zero-order valence-corrected chi connectivity index (χ0v) is 7.50. The SMILES string of the molecule is O=C(O)[C@@H]1CCCN1[SiH3]. The fourth-order valence-electron chi connectivity index (χ4n) is 1.22. The molecule has 0 saturated carbocycles. The third-order valence-corrected chi connectivity index (χ3v) is 2.88. The molecule has 0 bridgehead atoms. The van der Waals surface area contributed by atoms with Crippen molar-refractivity contribution in [3.8, 4) is 0 Å². The van der Waals surface area contributed by atoms with Crippen molar-refractivity contribution in [3.05, 3.63) is 0 Å². The predicted molar refractivity (Wildman–Crippen MR) is 37.3 cm³/mol. The number of carbonyl (C=O) groups is 1. The second kappa shape index (κ2) is 2.49. The van der Waals surface area contributed by atoms with Gasteiger partial charge in [0.2, 0.25) is 0 Å². The normalized spacial score (nSPS) is 29.1. The van der Waals surface area contributed by atoms with E-state index in [4.69, 9.17) is 5.11 Å². The molecule has 52 valence electrons. The Kier molecular flexibility index (Phi) is 1.87. The second-order valence-electron chi connectivity index (χ2n) is 2.48. The van der Waals surface area contributed by atoms with Gasteiger partial charge in [-0.15, -0.1) is 0 Å². The van der Waals surface area contributed by atoms with Gasteiger partial charge in [-0.2, -0.15) is 0 Å². The molecule has 0 spiro atoms. The summed E-state index contributed by atoms with van der Waals surface area (Å²) >= 11 is 0. The molecule has 1 atom stereocenters. The van der Waals surface area contributed by atoms with Gasteiger partial charge in [0.15, 0.2) is 0 Å². The fraction of sp³-hybridized carbons (Fsp3) is 0.800. The highest BCUT2D eigenvalue weighted by Gasteiger charge is 2.26. The number of carboxylic acids is 1. The van der Waals surface area contributed by atoms with Crippen LogP contribution in [0.2, 0.25) is 0 Å². The molecule has 1 saturated heterocycles. The molecule has 0 unspecified atom stereocenters. The van der Waals surface area contributed by atoms with Crippen molar-refractivity contribution in [1.82, 2.24) is 4.57 Å². The van der Waals surface area contributed by atoms with Crippen molar-refractivity contribution in [1.29, 1.82) is 0 Å². The van der Waals surface area contributed by atoms with Crippen LogP contribution >= 0.6 is 0 Å². The van der Waals surface area contributed by atoms with Gasteiger partial charge in [-0.25, -0.2) is 0 Å². The molecule has 0 aromatic heterocycles. The maximum atomic E-state index is 10.4. The molecule has 0 aliphatic carbocycles. The largest absolute Gasteiger partial charge is 0.480 e. The van der Waals surface area contributed by atoms with Crippen LogP contribution in [0, 0.1) is 0 Å². The van der Waals surface area contributed by atoms with Crippen LogP contribution < -0.4 is 0 Å². The minimum Gasteiger partial charge on any atom is -0.480 e. The molecular formula is C5H11NO2Si. The number of hydrogen-bond donors (Lipinski definition) is 1. The maximum Gasteiger partial charge on any atom is 0.320 e. The Hall–Kier alpha value is -0.353. The quantitative estimate of drug-likeness (QED) is 0.472. The van der Waals surface area contributed by atoms with Crippen molar-refractivity contribution < 1.29 is 9.90 Å². The minimum absolute atomic E-state index is 0.156. The van der Waals surface area contributed by atoms with Crippen molar-refractivity contribution in [2.45, 2.75) is 18.9 Å². The van der Waals surface area contributed by atoms with E-state index in [-0.39, 0.29) is 6.04 Å². The van der Waals surface area contributed by atoms with Gasteiger partial charge in [-0.3, -0.25) is 4.79 Å². The maximum absolute atomic E-state index is 10.4. The lowest BCUT2D eigenvalue weighted by Crippen LogP contribution is -2.33. The van der Waals surface area contributed by atoms with Crippen molar-refractivity contribution in [2.75, 3.05) is 6.54 Å². The predicted octanol–water partition coefficient (Wildman–Crippen LogP) is -1.18. The van der Waals surface area contributed by atoms with E-state index in [9.17, 15) is 4.79 Å². The van der Waals surface area contributed by atoms with Crippen molar-refractivity contribution >= 4 is 16.4 Å². The Balaban J connectivity index is 2.49. The van der Waals surface area contributed by atoms with Gasteiger partial charge in [0.05, 0.1) is 10.4 Å². The zero-order valence-electron chi connectivity index (χ0n) is 5.50. The lowest BCUT2D eigenvalue weighted by Gasteiger charge is -2.13. The summed E-state index contributed by atoms with van der Waals surface area (Å²) in [7, 11) is 0.886.